The number of amides is 1. The number of nitrogens with zero attached hydrogens (tertiary/aromatic N) is 2. The summed E-state index contributed by atoms with van der Waals surface area (Å²) in [6.45, 7) is 3.92. The average Bonchev–Trinajstić information content (AvgIpc) is 3.00. The van der Waals surface area contributed by atoms with Crippen LogP contribution in [0.4, 0.5) is 0 Å². The highest BCUT2D eigenvalue weighted by Crippen LogP contribution is 2.28. The summed E-state index contributed by atoms with van der Waals surface area (Å²) in [4.78, 5) is 25.1. The zero-order valence-electron chi connectivity index (χ0n) is 14.1. The van der Waals surface area contributed by atoms with Crippen molar-refractivity contribution in [1.82, 2.24) is 15.1 Å². The Bertz CT molecular complexity index is 820. The Labute approximate surface area is 140 Å². The summed E-state index contributed by atoms with van der Waals surface area (Å²) >= 11 is 0. The van der Waals surface area contributed by atoms with Gasteiger partial charge in [-0.15, -0.1) is 0 Å². The van der Waals surface area contributed by atoms with Gasteiger partial charge in [-0.25, -0.2) is 4.68 Å². The number of carbonyl (C=O) groups excluding carboxylic acids is 1. The predicted molar refractivity (Wildman–Crippen MR) is 92.1 cm³/mol. The van der Waals surface area contributed by atoms with Crippen LogP contribution in [-0.4, -0.2) is 32.9 Å². The third kappa shape index (κ3) is 3.06. The van der Waals surface area contributed by atoms with Crippen molar-refractivity contribution < 1.29 is 9.90 Å². The summed E-state index contributed by atoms with van der Waals surface area (Å²) in [5.41, 5.74) is -0.801. The van der Waals surface area contributed by atoms with E-state index in [2.05, 4.69) is 10.4 Å². The predicted octanol–water partition coefficient (Wildman–Crippen LogP) is 2.01. The molecule has 0 unspecified atom stereocenters. The highest BCUT2D eigenvalue weighted by Gasteiger charge is 2.31. The maximum Gasteiger partial charge on any atom is 0.274 e. The van der Waals surface area contributed by atoms with Gasteiger partial charge in [0.1, 0.15) is 0 Å². The van der Waals surface area contributed by atoms with Gasteiger partial charge in [0, 0.05) is 11.9 Å². The molecule has 0 saturated heterocycles. The van der Waals surface area contributed by atoms with Crippen molar-refractivity contribution in [3.8, 4) is 0 Å². The van der Waals surface area contributed by atoms with Crippen LogP contribution in [-0.2, 0) is 0 Å². The SMILES string of the molecule is CC(C)n1nc(C(=O)NCC2(O)CCCC2)c2ccccc2c1=O. The van der Waals surface area contributed by atoms with Gasteiger partial charge in [-0.3, -0.25) is 9.59 Å². The van der Waals surface area contributed by atoms with E-state index in [0.717, 1.165) is 12.8 Å². The number of aliphatic hydroxyl groups is 1. The molecular formula is C18H23N3O3. The van der Waals surface area contributed by atoms with Crippen molar-refractivity contribution in [2.75, 3.05) is 6.54 Å². The Hall–Kier alpha value is -2.21. The second kappa shape index (κ2) is 6.36. The van der Waals surface area contributed by atoms with Gasteiger partial charge >= 0.3 is 0 Å². The maximum absolute atomic E-state index is 12.6. The van der Waals surface area contributed by atoms with E-state index >= 15 is 0 Å². The Morgan fingerprint density at radius 3 is 2.54 bits per heavy atom. The number of fused-ring (bicyclic) bond motifs is 1. The lowest BCUT2D eigenvalue weighted by atomic mass is 10.0. The molecule has 0 aliphatic heterocycles. The molecule has 1 amide bonds. The van der Waals surface area contributed by atoms with E-state index in [-0.39, 0.29) is 29.7 Å². The van der Waals surface area contributed by atoms with Gasteiger partial charge in [0.05, 0.1) is 17.0 Å². The quantitative estimate of drug-likeness (QED) is 0.899. The highest BCUT2D eigenvalue weighted by atomic mass is 16.3. The van der Waals surface area contributed by atoms with Gasteiger partial charge < -0.3 is 10.4 Å². The fourth-order valence-corrected chi connectivity index (χ4v) is 3.26. The van der Waals surface area contributed by atoms with E-state index in [0.29, 0.717) is 23.6 Å². The number of nitrogens with one attached hydrogen (secondary N) is 1. The van der Waals surface area contributed by atoms with Gasteiger partial charge in [-0.1, -0.05) is 31.0 Å². The van der Waals surface area contributed by atoms with E-state index in [1.54, 1.807) is 24.3 Å². The number of hydrogen-bond donors (Lipinski definition) is 2. The molecule has 0 atom stereocenters. The Morgan fingerprint density at radius 1 is 1.29 bits per heavy atom. The molecule has 1 aromatic carbocycles. The number of rotatable bonds is 4. The van der Waals surface area contributed by atoms with Crippen molar-refractivity contribution in [3.63, 3.8) is 0 Å². The summed E-state index contributed by atoms with van der Waals surface area (Å²) in [7, 11) is 0. The topological polar surface area (TPSA) is 84.2 Å². The van der Waals surface area contributed by atoms with Crippen LogP contribution in [0.25, 0.3) is 10.8 Å². The number of aromatic nitrogens is 2. The first-order chi connectivity index (χ1) is 11.4. The van der Waals surface area contributed by atoms with Gasteiger partial charge in [0.25, 0.3) is 11.5 Å². The van der Waals surface area contributed by atoms with E-state index in [4.69, 9.17) is 0 Å². The summed E-state index contributed by atoms with van der Waals surface area (Å²) < 4.78 is 1.33. The molecule has 1 aliphatic rings. The highest BCUT2D eigenvalue weighted by molar-refractivity contribution is 6.04. The smallest absolute Gasteiger partial charge is 0.274 e. The Kier molecular flexibility index (Phi) is 4.41. The maximum atomic E-state index is 12.6. The van der Waals surface area contributed by atoms with Crippen molar-refractivity contribution >= 4 is 16.7 Å². The molecule has 1 aromatic heterocycles. The lowest BCUT2D eigenvalue weighted by Crippen LogP contribution is -2.41. The van der Waals surface area contributed by atoms with Crippen molar-refractivity contribution in [2.24, 2.45) is 0 Å². The number of hydrogen-bond acceptors (Lipinski definition) is 4. The number of carbonyl (C=O) groups is 1. The minimum Gasteiger partial charge on any atom is -0.388 e. The molecule has 1 fully saturated rings. The first-order valence-electron chi connectivity index (χ1n) is 8.43. The van der Waals surface area contributed by atoms with Crippen LogP contribution in [0.1, 0.15) is 56.1 Å². The van der Waals surface area contributed by atoms with Crippen molar-refractivity contribution in [1.29, 1.82) is 0 Å². The molecule has 1 aliphatic carbocycles. The van der Waals surface area contributed by atoms with Crippen molar-refractivity contribution in [2.45, 2.75) is 51.2 Å². The first kappa shape index (κ1) is 16.6. The van der Waals surface area contributed by atoms with Crippen LogP contribution < -0.4 is 10.9 Å². The molecule has 1 heterocycles. The lowest BCUT2D eigenvalue weighted by molar-refractivity contribution is 0.0448. The zero-order chi connectivity index (χ0) is 17.3. The number of benzene rings is 1. The van der Waals surface area contributed by atoms with E-state index in [1.807, 2.05) is 13.8 Å². The van der Waals surface area contributed by atoms with Gasteiger partial charge in [-0.05, 0) is 32.8 Å². The summed E-state index contributed by atoms with van der Waals surface area (Å²) in [6, 6.07) is 6.85. The van der Waals surface area contributed by atoms with E-state index in [9.17, 15) is 14.7 Å². The van der Waals surface area contributed by atoms with E-state index < -0.39 is 5.60 Å². The van der Waals surface area contributed by atoms with Crippen LogP contribution in [0.3, 0.4) is 0 Å². The third-order valence-corrected chi connectivity index (χ3v) is 4.64. The molecule has 2 N–H and O–H groups in total. The van der Waals surface area contributed by atoms with Crippen LogP contribution >= 0.6 is 0 Å². The minimum atomic E-state index is -0.821. The van der Waals surface area contributed by atoms with Crippen LogP contribution in [0.2, 0.25) is 0 Å². The van der Waals surface area contributed by atoms with E-state index in [1.165, 1.54) is 4.68 Å². The molecule has 24 heavy (non-hydrogen) atoms. The second-order valence-electron chi connectivity index (χ2n) is 6.85. The van der Waals surface area contributed by atoms with Crippen molar-refractivity contribution in [3.05, 3.63) is 40.3 Å². The molecule has 2 aromatic rings. The largest absolute Gasteiger partial charge is 0.388 e. The molecule has 6 heteroatoms. The van der Waals surface area contributed by atoms with Gasteiger partial charge in [0.2, 0.25) is 0 Å². The Balaban J connectivity index is 1.97. The molecule has 6 nitrogen and oxygen atoms in total. The van der Waals surface area contributed by atoms with Crippen LogP contribution in [0.5, 0.6) is 0 Å². The fourth-order valence-electron chi connectivity index (χ4n) is 3.26. The molecule has 0 spiro atoms. The van der Waals surface area contributed by atoms with Gasteiger partial charge in [0.15, 0.2) is 5.69 Å². The summed E-state index contributed by atoms with van der Waals surface area (Å²) in [6.07, 6.45) is 3.36. The second-order valence-corrected chi connectivity index (χ2v) is 6.85. The molecule has 1 saturated carbocycles. The van der Waals surface area contributed by atoms with Gasteiger partial charge in [-0.2, -0.15) is 5.10 Å². The lowest BCUT2D eigenvalue weighted by Gasteiger charge is -2.22. The zero-order valence-corrected chi connectivity index (χ0v) is 14.1. The molecule has 128 valence electrons. The standard InChI is InChI=1S/C18H23N3O3/c1-12(2)21-17(23)14-8-4-3-7-13(14)15(20-21)16(22)19-11-18(24)9-5-6-10-18/h3-4,7-8,12,24H,5-6,9-11H2,1-2H3,(H,19,22). The molecule has 0 radical (unpaired) electrons. The summed E-state index contributed by atoms with van der Waals surface area (Å²) in [5.74, 6) is -0.360. The van der Waals surface area contributed by atoms with Crippen LogP contribution in [0.15, 0.2) is 29.1 Å². The normalized spacial score (nSPS) is 16.7. The average molecular weight is 329 g/mol. The molecule has 3 rings (SSSR count). The first-order valence-corrected chi connectivity index (χ1v) is 8.43. The fraction of sp³-hybridized carbons (Fsp3) is 0.500. The monoisotopic (exact) mass is 329 g/mol. The summed E-state index contributed by atoms with van der Waals surface area (Å²) in [5, 5.41) is 18.5. The van der Waals surface area contributed by atoms with Crippen LogP contribution in [0, 0.1) is 0 Å². The Morgan fingerprint density at radius 2 is 1.92 bits per heavy atom. The third-order valence-electron chi connectivity index (χ3n) is 4.64. The molecule has 0 bridgehead atoms. The molecular weight excluding hydrogens is 306 g/mol. The minimum absolute atomic E-state index is 0.146.